The zero-order chi connectivity index (χ0) is 26.1. The molecule has 1 fully saturated rings. The Labute approximate surface area is 215 Å². The van der Waals surface area contributed by atoms with Crippen LogP contribution in [-0.4, -0.2) is 78.2 Å². The Morgan fingerprint density at radius 3 is 2.32 bits per heavy atom. The lowest BCUT2D eigenvalue weighted by atomic mass is 10.1. The van der Waals surface area contributed by atoms with E-state index in [1.54, 1.807) is 24.5 Å². The number of fused-ring (bicyclic) bond motifs is 3. The molecule has 190 valence electrons. The zero-order valence-corrected chi connectivity index (χ0v) is 20.9. The molecule has 2 N–H and O–H groups in total. The first-order valence-electron chi connectivity index (χ1n) is 11.4. The van der Waals surface area contributed by atoms with Gasteiger partial charge in [0.05, 0.1) is 25.4 Å². The molecule has 1 saturated heterocycles. The van der Waals surface area contributed by atoms with E-state index in [-0.39, 0.29) is 10.6 Å². The van der Waals surface area contributed by atoms with Crippen LogP contribution >= 0.6 is 11.3 Å². The molecule has 0 unspecified atom stereocenters. The molecule has 37 heavy (non-hydrogen) atoms. The van der Waals surface area contributed by atoms with Gasteiger partial charge in [0, 0.05) is 72.0 Å². The number of aromatic carboxylic acids is 1. The van der Waals surface area contributed by atoms with E-state index in [4.69, 9.17) is 9.47 Å². The van der Waals surface area contributed by atoms with Gasteiger partial charge in [-0.25, -0.2) is 4.79 Å². The summed E-state index contributed by atoms with van der Waals surface area (Å²) in [4.78, 5) is 49.9. The molecule has 11 nitrogen and oxygen atoms in total. The third kappa shape index (κ3) is 4.47. The zero-order valence-electron chi connectivity index (χ0n) is 20.1. The number of nitrogens with zero attached hydrogens (tertiary/aromatic N) is 4. The van der Waals surface area contributed by atoms with Crippen molar-refractivity contribution in [3.63, 3.8) is 0 Å². The number of ether oxygens (including phenoxy) is 2. The van der Waals surface area contributed by atoms with Crippen LogP contribution in [-0.2, 0) is 9.59 Å². The van der Waals surface area contributed by atoms with Gasteiger partial charge in [0.2, 0.25) is 0 Å². The molecule has 0 radical (unpaired) electrons. The van der Waals surface area contributed by atoms with Crippen LogP contribution in [0.25, 0.3) is 21.0 Å². The third-order valence-corrected chi connectivity index (χ3v) is 7.47. The highest BCUT2D eigenvalue weighted by Gasteiger charge is 2.29. The summed E-state index contributed by atoms with van der Waals surface area (Å²) in [6, 6.07) is 7.19. The second kappa shape index (κ2) is 9.90. The van der Waals surface area contributed by atoms with Crippen molar-refractivity contribution in [1.29, 1.82) is 0 Å². The van der Waals surface area contributed by atoms with Gasteiger partial charge in [-0.05, 0) is 18.2 Å². The molecule has 0 bridgehead atoms. The van der Waals surface area contributed by atoms with E-state index in [1.165, 1.54) is 25.3 Å². The number of pyridine rings is 2. The third-order valence-electron chi connectivity index (χ3n) is 6.25. The van der Waals surface area contributed by atoms with Crippen molar-refractivity contribution in [2.24, 2.45) is 0 Å². The van der Waals surface area contributed by atoms with Crippen molar-refractivity contribution in [3.8, 4) is 11.5 Å². The van der Waals surface area contributed by atoms with E-state index in [1.807, 2.05) is 12.1 Å². The van der Waals surface area contributed by atoms with Gasteiger partial charge in [-0.1, -0.05) is 0 Å². The molecule has 4 heterocycles. The van der Waals surface area contributed by atoms with Crippen LogP contribution in [0.2, 0.25) is 0 Å². The maximum absolute atomic E-state index is 13.0. The number of aromatic nitrogens is 2. The number of hydrogen-bond acceptors (Lipinski definition) is 9. The largest absolute Gasteiger partial charge is 0.493 e. The lowest BCUT2D eigenvalue weighted by Crippen LogP contribution is -2.51. The van der Waals surface area contributed by atoms with Gasteiger partial charge in [0.25, 0.3) is 0 Å². The number of methoxy groups -OCH3 is 2. The van der Waals surface area contributed by atoms with Gasteiger partial charge in [-0.15, -0.1) is 11.3 Å². The number of carbonyl (C=O) groups is 3. The van der Waals surface area contributed by atoms with Gasteiger partial charge in [-0.3, -0.25) is 19.6 Å². The first-order valence-corrected chi connectivity index (χ1v) is 12.2. The maximum Gasteiger partial charge on any atom is 0.348 e. The number of piperazine rings is 1. The van der Waals surface area contributed by atoms with Crippen molar-refractivity contribution in [2.45, 2.75) is 0 Å². The summed E-state index contributed by atoms with van der Waals surface area (Å²) in [6.07, 6.45) is 4.90. The number of rotatable bonds is 5. The number of carboxylic acids is 1. The van der Waals surface area contributed by atoms with Crippen molar-refractivity contribution in [3.05, 3.63) is 47.7 Å². The highest BCUT2D eigenvalue weighted by Crippen LogP contribution is 2.42. The molecule has 0 aliphatic carbocycles. The smallest absolute Gasteiger partial charge is 0.348 e. The van der Waals surface area contributed by atoms with E-state index in [9.17, 15) is 19.5 Å². The standard InChI is InChI=1S/C25H23N5O6S/c1-35-18-11-15-17(12-19(18)36-2)27-13-16-20(22(25(33)34)37-21(15)16)28-23(31)24(32)30-9-7-29(8-10-30)14-3-5-26-6-4-14/h3-6,11-13H,7-10H2,1-2H3,(H,28,31)(H,33,34). The van der Waals surface area contributed by atoms with Crippen LogP contribution in [0.15, 0.2) is 42.9 Å². The summed E-state index contributed by atoms with van der Waals surface area (Å²) in [5.41, 5.74) is 1.62. The Balaban J connectivity index is 1.41. The lowest BCUT2D eigenvalue weighted by molar-refractivity contribution is -0.143. The Morgan fingerprint density at radius 1 is 1.00 bits per heavy atom. The molecule has 4 aromatic rings. The Bertz CT molecular complexity index is 1510. The Hall–Kier alpha value is -4.45. The van der Waals surface area contributed by atoms with Gasteiger partial charge < -0.3 is 29.7 Å². The van der Waals surface area contributed by atoms with E-state index >= 15 is 0 Å². The summed E-state index contributed by atoms with van der Waals surface area (Å²) in [5, 5.41) is 13.5. The van der Waals surface area contributed by atoms with Gasteiger partial charge >= 0.3 is 17.8 Å². The number of nitrogens with one attached hydrogen (secondary N) is 1. The fourth-order valence-corrected chi connectivity index (χ4v) is 5.46. The van der Waals surface area contributed by atoms with Crippen LogP contribution in [0.5, 0.6) is 11.5 Å². The number of anilines is 2. The van der Waals surface area contributed by atoms with Crippen LogP contribution in [0, 0.1) is 0 Å². The van der Waals surface area contributed by atoms with E-state index in [2.05, 4.69) is 20.2 Å². The first kappa shape index (κ1) is 24.3. The fourth-order valence-electron chi connectivity index (χ4n) is 4.37. The minimum Gasteiger partial charge on any atom is -0.493 e. The fraction of sp³-hybridized carbons (Fsp3) is 0.240. The topological polar surface area (TPSA) is 134 Å². The average Bonchev–Trinajstić information content (AvgIpc) is 3.31. The molecule has 0 spiro atoms. The molecule has 1 aromatic carbocycles. The number of amides is 2. The second-order valence-corrected chi connectivity index (χ2v) is 9.30. The van der Waals surface area contributed by atoms with Crippen molar-refractivity contribution >= 4 is 61.5 Å². The Kier molecular flexibility index (Phi) is 6.49. The molecule has 3 aromatic heterocycles. The quantitative estimate of drug-likeness (QED) is 0.380. The highest BCUT2D eigenvalue weighted by molar-refractivity contribution is 7.22. The van der Waals surface area contributed by atoms with Gasteiger partial charge in [0.1, 0.15) is 4.88 Å². The maximum atomic E-state index is 13.0. The second-order valence-electron chi connectivity index (χ2n) is 8.28. The molecule has 5 rings (SSSR count). The monoisotopic (exact) mass is 521 g/mol. The highest BCUT2D eigenvalue weighted by atomic mass is 32.1. The predicted octanol–water partition coefficient (Wildman–Crippen LogP) is 2.85. The van der Waals surface area contributed by atoms with Crippen LogP contribution in [0.4, 0.5) is 11.4 Å². The average molecular weight is 522 g/mol. The van der Waals surface area contributed by atoms with Crippen LogP contribution in [0.3, 0.4) is 0 Å². The number of thiophene rings is 1. The number of hydrogen-bond donors (Lipinski definition) is 2. The molecule has 1 aliphatic rings. The van der Waals surface area contributed by atoms with Gasteiger partial charge in [0.15, 0.2) is 11.5 Å². The predicted molar refractivity (Wildman–Crippen MR) is 139 cm³/mol. The summed E-state index contributed by atoms with van der Waals surface area (Å²) in [7, 11) is 3.02. The van der Waals surface area contributed by atoms with Crippen LogP contribution in [0.1, 0.15) is 9.67 Å². The summed E-state index contributed by atoms with van der Waals surface area (Å²) < 4.78 is 11.3. The molecule has 12 heteroatoms. The van der Waals surface area contributed by atoms with Crippen molar-refractivity contribution in [1.82, 2.24) is 14.9 Å². The molecule has 1 aliphatic heterocycles. The normalized spacial score (nSPS) is 13.6. The SMILES string of the molecule is COc1cc2ncc3c(NC(=O)C(=O)N4CCN(c5ccncc5)CC4)c(C(=O)O)sc3c2cc1OC. The Morgan fingerprint density at radius 2 is 1.68 bits per heavy atom. The summed E-state index contributed by atoms with van der Waals surface area (Å²) in [5.74, 6) is -1.89. The van der Waals surface area contributed by atoms with E-state index < -0.39 is 17.8 Å². The molecule has 2 amide bonds. The van der Waals surface area contributed by atoms with E-state index in [0.717, 1.165) is 17.0 Å². The minimum absolute atomic E-state index is 0.0467. The van der Waals surface area contributed by atoms with Gasteiger partial charge in [-0.2, -0.15) is 0 Å². The molecule has 0 saturated carbocycles. The van der Waals surface area contributed by atoms with E-state index in [0.29, 0.717) is 58.7 Å². The van der Waals surface area contributed by atoms with Crippen molar-refractivity contribution < 1.29 is 29.0 Å². The van der Waals surface area contributed by atoms with Crippen LogP contribution < -0.4 is 19.7 Å². The molecular weight excluding hydrogens is 498 g/mol. The first-order chi connectivity index (χ1) is 17.9. The van der Waals surface area contributed by atoms with Crippen molar-refractivity contribution in [2.75, 3.05) is 50.6 Å². The molecule has 0 atom stereocenters. The minimum atomic E-state index is -1.22. The number of benzene rings is 1. The molecular formula is C25H23N5O6S. The lowest BCUT2D eigenvalue weighted by Gasteiger charge is -2.35. The summed E-state index contributed by atoms with van der Waals surface area (Å²) >= 11 is 0.994. The number of carboxylic acid groups (broad SMARTS) is 1. The summed E-state index contributed by atoms with van der Waals surface area (Å²) in [6.45, 7) is 1.84. The number of carbonyl (C=O) groups excluding carboxylic acids is 2.